The summed E-state index contributed by atoms with van der Waals surface area (Å²) in [6, 6.07) is 3.32. The molecule has 1 aromatic heterocycles. The van der Waals surface area contributed by atoms with Crippen molar-refractivity contribution >= 4 is 43.8 Å². The molecule has 0 amide bonds. The van der Waals surface area contributed by atoms with Crippen molar-refractivity contribution in [2.24, 2.45) is 0 Å². The van der Waals surface area contributed by atoms with Gasteiger partial charge in [-0.3, -0.25) is 4.21 Å². The van der Waals surface area contributed by atoms with E-state index >= 15 is 0 Å². The molecule has 1 fully saturated rings. The first-order valence-corrected chi connectivity index (χ1v) is 9.32. The van der Waals surface area contributed by atoms with Crippen molar-refractivity contribution in [3.05, 3.63) is 17.0 Å². The first-order valence-electron chi connectivity index (χ1n) is 5.04. The summed E-state index contributed by atoms with van der Waals surface area (Å²) in [6.07, 6.45) is 0. The van der Waals surface area contributed by atoms with Gasteiger partial charge in [-0.25, -0.2) is 8.42 Å². The molecule has 0 atom stereocenters. The molecule has 0 spiro atoms. The average molecular weight is 314 g/mol. The van der Waals surface area contributed by atoms with Crippen molar-refractivity contribution in [2.45, 2.75) is 10.1 Å². The zero-order valence-electron chi connectivity index (χ0n) is 8.96. The van der Waals surface area contributed by atoms with E-state index in [1.807, 2.05) is 0 Å². The number of sulfonamides is 1. The quantitative estimate of drug-likeness (QED) is 0.789. The van der Waals surface area contributed by atoms with Gasteiger partial charge in [-0.05, 0) is 12.1 Å². The highest BCUT2D eigenvalue weighted by atomic mass is 35.5. The zero-order valence-corrected chi connectivity index (χ0v) is 12.2. The van der Waals surface area contributed by atoms with Gasteiger partial charge in [0.2, 0.25) is 0 Å². The summed E-state index contributed by atoms with van der Waals surface area (Å²) >= 11 is 6.85. The van der Waals surface area contributed by atoms with Crippen molar-refractivity contribution in [2.75, 3.05) is 24.6 Å². The maximum atomic E-state index is 12.2. The van der Waals surface area contributed by atoms with Crippen LogP contribution >= 0.6 is 22.9 Å². The lowest BCUT2D eigenvalue weighted by Crippen LogP contribution is -2.41. The van der Waals surface area contributed by atoms with Crippen molar-refractivity contribution in [3.63, 3.8) is 0 Å². The van der Waals surface area contributed by atoms with Crippen LogP contribution in [0.4, 0.5) is 0 Å². The molecule has 96 valence electrons. The molecule has 4 nitrogen and oxygen atoms in total. The van der Waals surface area contributed by atoms with Crippen molar-refractivity contribution in [1.82, 2.24) is 4.31 Å². The lowest BCUT2D eigenvalue weighted by atomic mass is 10.5. The fourth-order valence-corrected chi connectivity index (χ4v) is 5.89. The number of rotatable bonds is 3. The van der Waals surface area contributed by atoms with Crippen LogP contribution in [0.25, 0.3) is 0 Å². The molecule has 1 aliphatic heterocycles. The summed E-state index contributed by atoms with van der Waals surface area (Å²) in [6.45, 7) is 0.673. The van der Waals surface area contributed by atoms with Crippen LogP contribution in [0.15, 0.2) is 16.3 Å². The van der Waals surface area contributed by atoms with Gasteiger partial charge < -0.3 is 0 Å². The largest absolute Gasteiger partial charge is 0.259 e. The molecule has 0 radical (unpaired) electrons. The second-order valence-corrected chi connectivity index (χ2v) is 8.90. The fourth-order valence-electron chi connectivity index (χ4n) is 1.56. The number of hydrogen-bond donors (Lipinski definition) is 0. The molecule has 2 heterocycles. The molecular formula is C9H12ClNO3S3. The molecule has 0 bridgehead atoms. The fraction of sp³-hybridized carbons (Fsp3) is 0.556. The second-order valence-electron chi connectivity index (χ2n) is 3.61. The standard InChI is InChI=1S/C9H12ClNO3S3/c10-7-8-1-2-9(15-8)17(13,14)11-3-5-16(12)6-4-11/h1-2H,3-7H2. The molecule has 0 aromatic carbocycles. The van der Waals surface area contributed by atoms with Crippen LogP contribution in [0.5, 0.6) is 0 Å². The summed E-state index contributed by atoms with van der Waals surface area (Å²) in [4.78, 5) is 0.839. The molecule has 0 N–H and O–H groups in total. The van der Waals surface area contributed by atoms with Crippen LogP contribution in [-0.2, 0) is 26.7 Å². The highest BCUT2D eigenvalue weighted by Gasteiger charge is 2.29. The van der Waals surface area contributed by atoms with Crippen LogP contribution in [0.3, 0.4) is 0 Å². The van der Waals surface area contributed by atoms with E-state index in [-0.39, 0.29) is 0 Å². The van der Waals surface area contributed by atoms with Crippen molar-refractivity contribution < 1.29 is 12.6 Å². The van der Waals surface area contributed by atoms with Gasteiger partial charge in [-0.1, -0.05) is 0 Å². The molecule has 0 saturated carbocycles. The minimum Gasteiger partial charge on any atom is -0.259 e. The van der Waals surface area contributed by atoms with Crippen LogP contribution in [0, 0.1) is 0 Å². The summed E-state index contributed by atoms with van der Waals surface area (Å²) in [5.41, 5.74) is 0. The Labute approximate surface area is 112 Å². The Balaban J connectivity index is 2.21. The minimum atomic E-state index is -3.42. The third-order valence-corrected chi connectivity index (χ3v) is 7.67. The van der Waals surface area contributed by atoms with E-state index < -0.39 is 20.8 Å². The summed E-state index contributed by atoms with van der Waals surface area (Å²) in [7, 11) is -4.29. The monoisotopic (exact) mass is 313 g/mol. The van der Waals surface area contributed by atoms with Crippen LogP contribution in [-0.4, -0.2) is 41.5 Å². The van der Waals surface area contributed by atoms with Gasteiger partial charge in [0.15, 0.2) is 0 Å². The molecule has 0 aliphatic carbocycles. The van der Waals surface area contributed by atoms with Gasteiger partial charge in [-0.2, -0.15) is 4.31 Å². The van der Waals surface area contributed by atoms with E-state index in [9.17, 15) is 12.6 Å². The molecule has 17 heavy (non-hydrogen) atoms. The molecule has 1 aromatic rings. The van der Waals surface area contributed by atoms with Gasteiger partial charge in [0.25, 0.3) is 10.0 Å². The number of hydrogen-bond acceptors (Lipinski definition) is 4. The van der Waals surface area contributed by atoms with Crippen LogP contribution < -0.4 is 0 Å². The molecule has 1 saturated heterocycles. The van der Waals surface area contributed by atoms with E-state index in [1.165, 1.54) is 15.6 Å². The molecular weight excluding hydrogens is 302 g/mol. The average Bonchev–Trinajstić information content (AvgIpc) is 2.78. The van der Waals surface area contributed by atoms with E-state index in [2.05, 4.69) is 0 Å². The summed E-state index contributed by atoms with van der Waals surface area (Å²) in [5.74, 6) is 1.17. The number of nitrogens with zero attached hydrogens (tertiary/aromatic N) is 1. The number of thiophene rings is 1. The third kappa shape index (κ3) is 2.90. The van der Waals surface area contributed by atoms with Gasteiger partial charge >= 0.3 is 0 Å². The minimum absolute atomic E-state index is 0.320. The lowest BCUT2D eigenvalue weighted by Gasteiger charge is -2.24. The first kappa shape index (κ1) is 13.5. The number of alkyl halides is 1. The normalized spacial score (nSPS) is 19.6. The Hall–Kier alpha value is 0.0500. The second kappa shape index (κ2) is 5.36. The first-order chi connectivity index (χ1) is 8.04. The van der Waals surface area contributed by atoms with Gasteiger partial charge in [0.05, 0.1) is 5.88 Å². The van der Waals surface area contributed by atoms with E-state index in [4.69, 9.17) is 11.6 Å². The highest BCUT2D eigenvalue weighted by Crippen LogP contribution is 2.26. The third-order valence-electron chi connectivity index (χ3n) is 2.50. The number of halogens is 1. The smallest absolute Gasteiger partial charge is 0.252 e. The molecule has 1 aliphatic rings. The Morgan fingerprint density at radius 3 is 2.53 bits per heavy atom. The zero-order chi connectivity index (χ0) is 12.5. The van der Waals surface area contributed by atoms with Gasteiger partial charge in [0, 0.05) is 40.3 Å². The van der Waals surface area contributed by atoms with Gasteiger partial charge in [0.1, 0.15) is 4.21 Å². The SMILES string of the molecule is O=S1CCN(S(=O)(=O)c2ccc(CCl)s2)CC1. The topological polar surface area (TPSA) is 54.5 Å². The Morgan fingerprint density at radius 2 is 2.00 bits per heavy atom. The molecule has 8 heteroatoms. The molecule has 0 unspecified atom stereocenters. The van der Waals surface area contributed by atoms with Crippen molar-refractivity contribution in [1.29, 1.82) is 0 Å². The van der Waals surface area contributed by atoms with E-state index in [1.54, 1.807) is 12.1 Å². The highest BCUT2D eigenvalue weighted by molar-refractivity contribution is 7.91. The van der Waals surface area contributed by atoms with Crippen molar-refractivity contribution in [3.8, 4) is 0 Å². The Bertz CT molecular complexity index is 515. The summed E-state index contributed by atoms with van der Waals surface area (Å²) < 4.78 is 37.4. The summed E-state index contributed by atoms with van der Waals surface area (Å²) in [5, 5.41) is 0. The van der Waals surface area contributed by atoms with E-state index in [0.29, 0.717) is 34.7 Å². The van der Waals surface area contributed by atoms with E-state index in [0.717, 1.165) is 4.88 Å². The van der Waals surface area contributed by atoms with Crippen LogP contribution in [0.2, 0.25) is 0 Å². The predicted molar refractivity (Wildman–Crippen MR) is 70.5 cm³/mol. The van der Waals surface area contributed by atoms with Crippen LogP contribution in [0.1, 0.15) is 4.88 Å². The van der Waals surface area contributed by atoms with Gasteiger partial charge in [-0.15, -0.1) is 22.9 Å². The Kier molecular flexibility index (Phi) is 4.25. The predicted octanol–water partition coefficient (Wildman–Crippen LogP) is 1.24. The Morgan fingerprint density at radius 1 is 1.35 bits per heavy atom. The lowest BCUT2D eigenvalue weighted by molar-refractivity contribution is 0.440. The maximum Gasteiger partial charge on any atom is 0.252 e. The molecule has 2 rings (SSSR count). The maximum absolute atomic E-state index is 12.2.